The Morgan fingerprint density at radius 3 is 2.47 bits per heavy atom. The van der Waals surface area contributed by atoms with E-state index in [1.165, 1.54) is 38.8 Å². The van der Waals surface area contributed by atoms with Crippen LogP contribution in [0.3, 0.4) is 0 Å². The van der Waals surface area contributed by atoms with Gasteiger partial charge in [-0.05, 0) is 83.0 Å². The van der Waals surface area contributed by atoms with Gasteiger partial charge in [-0.1, -0.05) is 17.7 Å². The lowest BCUT2D eigenvalue weighted by Gasteiger charge is -2.36. The van der Waals surface area contributed by atoms with Crippen LogP contribution in [0.5, 0.6) is 5.75 Å². The third-order valence-corrected chi connectivity index (χ3v) is 6.95. The van der Waals surface area contributed by atoms with Crippen LogP contribution < -0.4 is 15.0 Å². The number of likely N-dealkylation sites (tertiary alicyclic amines) is 1. The molecule has 0 radical (unpaired) electrons. The van der Waals surface area contributed by atoms with Gasteiger partial charge in [0.2, 0.25) is 5.95 Å². The Bertz CT molecular complexity index is 1150. The molecular weight excluding hydrogens is 426 g/mol. The first-order valence-corrected chi connectivity index (χ1v) is 12.3. The van der Waals surface area contributed by atoms with Crippen molar-refractivity contribution >= 4 is 28.4 Å². The van der Waals surface area contributed by atoms with E-state index in [-0.39, 0.29) is 12.5 Å². The van der Waals surface area contributed by atoms with Crippen LogP contribution in [0.25, 0.3) is 10.9 Å². The van der Waals surface area contributed by atoms with Crippen LogP contribution in [0.4, 0.5) is 11.6 Å². The van der Waals surface area contributed by atoms with Gasteiger partial charge in [0.1, 0.15) is 5.75 Å². The second-order valence-corrected chi connectivity index (χ2v) is 9.45. The minimum Gasteiger partial charge on any atom is -0.484 e. The topological polar surface area (TPSA) is 70.6 Å². The lowest BCUT2D eigenvalue weighted by molar-refractivity contribution is -0.118. The van der Waals surface area contributed by atoms with Gasteiger partial charge in [0, 0.05) is 30.2 Å². The van der Waals surface area contributed by atoms with Crippen molar-refractivity contribution in [3.8, 4) is 5.75 Å². The Morgan fingerprint density at radius 2 is 1.74 bits per heavy atom. The largest absolute Gasteiger partial charge is 0.484 e. The molecule has 34 heavy (non-hydrogen) atoms. The average molecular weight is 460 g/mol. The maximum Gasteiger partial charge on any atom is 0.262 e. The number of fused-ring (bicyclic) bond motifs is 1. The van der Waals surface area contributed by atoms with Crippen molar-refractivity contribution in [2.45, 2.75) is 45.6 Å². The van der Waals surface area contributed by atoms with E-state index in [0.717, 1.165) is 46.9 Å². The SMILES string of the molecule is Cc1ccc(OCC(=O)Nc2ccc3nc(N4CCC(N5CCCC5)CC4)nc(C)c3c2)cc1. The van der Waals surface area contributed by atoms with Gasteiger partial charge in [0.05, 0.1) is 11.2 Å². The van der Waals surface area contributed by atoms with Crippen LogP contribution >= 0.6 is 0 Å². The Balaban J connectivity index is 1.21. The van der Waals surface area contributed by atoms with Crippen LogP contribution in [0, 0.1) is 13.8 Å². The smallest absolute Gasteiger partial charge is 0.262 e. The number of amides is 1. The molecule has 1 N–H and O–H groups in total. The van der Waals surface area contributed by atoms with E-state index in [0.29, 0.717) is 11.8 Å². The fourth-order valence-electron chi connectivity index (χ4n) is 5.00. The molecule has 0 atom stereocenters. The van der Waals surface area contributed by atoms with Gasteiger partial charge in [-0.15, -0.1) is 0 Å². The van der Waals surface area contributed by atoms with E-state index in [9.17, 15) is 4.79 Å². The summed E-state index contributed by atoms with van der Waals surface area (Å²) in [5, 5.41) is 3.87. The molecule has 7 heteroatoms. The fourth-order valence-corrected chi connectivity index (χ4v) is 5.00. The summed E-state index contributed by atoms with van der Waals surface area (Å²) in [6.45, 7) is 8.50. The zero-order valence-corrected chi connectivity index (χ0v) is 20.1. The molecule has 5 rings (SSSR count). The van der Waals surface area contributed by atoms with E-state index >= 15 is 0 Å². The minimum absolute atomic E-state index is 0.0388. The molecule has 7 nitrogen and oxygen atoms in total. The van der Waals surface area contributed by atoms with Gasteiger partial charge in [-0.25, -0.2) is 9.97 Å². The van der Waals surface area contributed by atoms with Gasteiger partial charge >= 0.3 is 0 Å². The number of aromatic nitrogens is 2. The second-order valence-electron chi connectivity index (χ2n) is 9.45. The third kappa shape index (κ3) is 5.14. The summed E-state index contributed by atoms with van der Waals surface area (Å²) in [5.41, 5.74) is 3.70. The van der Waals surface area contributed by atoms with E-state index in [1.807, 2.05) is 56.3 Å². The Morgan fingerprint density at radius 1 is 1.00 bits per heavy atom. The van der Waals surface area contributed by atoms with Crippen molar-refractivity contribution in [3.05, 3.63) is 53.7 Å². The Hall–Kier alpha value is -3.19. The molecule has 178 valence electrons. The number of carbonyl (C=O) groups excluding carboxylic acids is 1. The zero-order valence-electron chi connectivity index (χ0n) is 20.1. The Kier molecular flexibility index (Phi) is 6.63. The normalized spacial score (nSPS) is 17.3. The van der Waals surface area contributed by atoms with Crippen LogP contribution in [0.1, 0.15) is 36.9 Å². The average Bonchev–Trinajstić information content (AvgIpc) is 3.39. The first kappa shape index (κ1) is 22.6. The van der Waals surface area contributed by atoms with Gasteiger partial charge in [0.25, 0.3) is 5.91 Å². The number of benzene rings is 2. The van der Waals surface area contributed by atoms with Crippen LogP contribution in [-0.2, 0) is 4.79 Å². The van der Waals surface area contributed by atoms with Crippen molar-refractivity contribution in [1.82, 2.24) is 14.9 Å². The Labute approximate surface area is 201 Å². The van der Waals surface area contributed by atoms with Gasteiger partial charge in [-0.2, -0.15) is 0 Å². The highest BCUT2D eigenvalue weighted by Crippen LogP contribution is 2.26. The summed E-state index contributed by atoms with van der Waals surface area (Å²) in [5.74, 6) is 1.30. The predicted octanol–water partition coefficient (Wildman–Crippen LogP) is 4.33. The van der Waals surface area contributed by atoms with E-state index in [4.69, 9.17) is 14.7 Å². The molecule has 2 aromatic carbocycles. The summed E-state index contributed by atoms with van der Waals surface area (Å²) >= 11 is 0. The van der Waals surface area contributed by atoms with Crippen molar-refractivity contribution in [3.63, 3.8) is 0 Å². The molecule has 0 aliphatic carbocycles. The number of hydrogen-bond donors (Lipinski definition) is 1. The van der Waals surface area contributed by atoms with Crippen molar-refractivity contribution in [2.75, 3.05) is 43.0 Å². The fraction of sp³-hybridized carbons (Fsp3) is 0.444. The summed E-state index contributed by atoms with van der Waals surface area (Å²) in [6.07, 6.45) is 5.04. The summed E-state index contributed by atoms with van der Waals surface area (Å²) in [4.78, 5) is 27.0. The van der Waals surface area contributed by atoms with Crippen molar-refractivity contribution in [2.24, 2.45) is 0 Å². The van der Waals surface area contributed by atoms with Crippen molar-refractivity contribution in [1.29, 1.82) is 0 Å². The molecule has 1 amide bonds. The van der Waals surface area contributed by atoms with Gasteiger partial charge < -0.3 is 19.9 Å². The van der Waals surface area contributed by atoms with Crippen LogP contribution in [0.2, 0.25) is 0 Å². The number of piperidine rings is 1. The standard InChI is InChI=1S/C27H33N5O2/c1-19-5-8-23(9-6-19)34-18-26(33)29-21-7-10-25-24(17-21)20(2)28-27(30-25)32-15-11-22(12-16-32)31-13-3-4-14-31/h5-10,17,22H,3-4,11-16,18H2,1-2H3,(H,29,33). The molecule has 2 fully saturated rings. The number of aryl methyl sites for hydroxylation is 2. The molecule has 1 aromatic heterocycles. The molecule has 2 saturated heterocycles. The zero-order chi connectivity index (χ0) is 23.5. The number of nitrogens with zero attached hydrogens (tertiary/aromatic N) is 4. The summed E-state index contributed by atoms with van der Waals surface area (Å²) in [7, 11) is 0. The molecule has 0 spiro atoms. The van der Waals surface area contributed by atoms with Gasteiger partial charge in [0.15, 0.2) is 6.61 Å². The second kappa shape index (κ2) is 9.97. The number of nitrogens with one attached hydrogen (secondary N) is 1. The van der Waals surface area contributed by atoms with Crippen LogP contribution in [-0.4, -0.2) is 59.6 Å². The lowest BCUT2D eigenvalue weighted by atomic mass is 10.0. The van der Waals surface area contributed by atoms with Crippen molar-refractivity contribution < 1.29 is 9.53 Å². The number of carbonyl (C=O) groups is 1. The summed E-state index contributed by atoms with van der Waals surface area (Å²) < 4.78 is 5.58. The van der Waals surface area contributed by atoms with Crippen LogP contribution in [0.15, 0.2) is 42.5 Å². The molecule has 0 saturated carbocycles. The molecule has 3 aromatic rings. The number of hydrogen-bond acceptors (Lipinski definition) is 6. The van der Waals surface area contributed by atoms with E-state index in [2.05, 4.69) is 15.1 Å². The summed E-state index contributed by atoms with van der Waals surface area (Å²) in [6, 6.07) is 14.2. The highest BCUT2D eigenvalue weighted by atomic mass is 16.5. The quantitative estimate of drug-likeness (QED) is 0.592. The van der Waals surface area contributed by atoms with E-state index in [1.54, 1.807) is 0 Å². The highest BCUT2D eigenvalue weighted by Gasteiger charge is 2.27. The highest BCUT2D eigenvalue weighted by molar-refractivity contribution is 5.95. The monoisotopic (exact) mass is 459 g/mol. The molecule has 2 aliphatic heterocycles. The maximum atomic E-state index is 12.4. The number of anilines is 2. The predicted molar refractivity (Wildman–Crippen MR) is 136 cm³/mol. The molecule has 2 aliphatic rings. The third-order valence-electron chi connectivity index (χ3n) is 6.95. The molecular formula is C27H33N5O2. The maximum absolute atomic E-state index is 12.4. The first-order valence-electron chi connectivity index (χ1n) is 12.3. The minimum atomic E-state index is -0.198. The molecule has 3 heterocycles. The first-order chi connectivity index (χ1) is 16.5. The molecule has 0 bridgehead atoms. The lowest BCUT2D eigenvalue weighted by Crippen LogP contribution is -2.44. The number of rotatable bonds is 6. The van der Waals surface area contributed by atoms with E-state index < -0.39 is 0 Å². The number of ether oxygens (including phenoxy) is 1. The van der Waals surface area contributed by atoms with Gasteiger partial charge in [-0.3, -0.25) is 4.79 Å². The molecule has 0 unspecified atom stereocenters.